The van der Waals surface area contributed by atoms with E-state index in [-0.39, 0.29) is 0 Å². The minimum absolute atomic E-state index is 1.06. The summed E-state index contributed by atoms with van der Waals surface area (Å²) in [6, 6.07) is 24.3. The van der Waals surface area contributed by atoms with Crippen LogP contribution in [0.15, 0.2) is 66.7 Å². The van der Waals surface area contributed by atoms with Gasteiger partial charge in [0.25, 0.3) is 0 Å². The lowest BCUT2D eigenvalue weighted by atomic mass is 9.94. The first kappa shape index (κ1) is 12.0. The van der Waals surface area contributed by atoms with Crippen LogP contribution in [-0.2, 0) is 12.8 Å². The summed E-state index contributed by atoms with van der Waals surface area (Å²) in [5.41, 5.74) is 11.5. The van der Waals surface area contributed by atoms with E-state index in [2.05, 4.69) is 72.8 Å². The molecule has 2 aliphatic rings. The SMILES string of the molecule is C1=C(c2cccc3c2Cc2ccccc2-3)Cc2ccccc21. The van der Waals surface area contributed by atoms with Crippen LogP contribution in [0.4, 0.5) is 0 Å². The first-order valence-corrected chi connectivity index (χ1v) is 7.89. The van der Waals surface area contributed by atoms with Crippen LogP contribution in [0.2, 0.25) is 0 Å². The molecule has 0 radical (unpaired) electrons. The summed E-state index contributed by atoms with van der Waals surface area (Å²) >= 11 is 0. The molecule has 0 heteroatoms. The predicted molar refractivity (Wildman–Crippen MR) is 92.7 cm³/mol. The molecule has 3 aromatic carbocycles. The first-order chi connectivity index (χ1) is 10.9. The average molecular weight is 280 g/mol. The molecule has 0 fully saturated rings. The third-order valence-corrected chi connectivity index (χ3v) is 4.96. The van der Waals surface area contributed by atoms with E-state index in [1.54, 1.807) is 0 Å². The van der Waals surface area contributed by atoms with Gasteiger partial charge in [-0.05, 0) is 57.4 Å². The van der Waals surface area contributed by atoms with E-state index >= 15 is 0 Å². The smallest absolute Gasteiger partial charge is 0.000740 e. The van der Waals surface area contributed by atoms with E-state index in [9.17, 15) is 0 Å². The highest BCUT2D eigenvalue weighted by Gasteiger charge is 2.23. The van der Waals surface area contributed by atoms with Gasteiger partial charge in [0.05, 0.1) is 0 Å². The fourth-order valence-corrected chi connectivity index (χ4v) is 3.91. The molecule has 0 saturated heterocycles. The maximum absolute atomic E-state index is 2.37. The maximum Gasteiger partial charge on any atom is -0.000740 e. The summed E-state index contributed by atoms with van der Waals surface area (Å²) in [6.45, 7) is 0. The number of allylic oxidation sites excluding steroid dienone is 1. The predicted octanol–water partition coefficient (Wildman–Crippen LogP) is 5.35. The molecule has 2 aliphatic carbocycles. The van der Waals surface area contributed by atoms with Crippen molar-refractivity contribution in [2.45, 2.75) is 12.8 Å². The van der Waals surface area contributed by atoms with Gasteiger partial charge in [-0.2, -0.15) is 0 Å². The number of benzene rings is 3. The molecule has 0 amide bonds. The van der Waals surface area contributed by atoms with Crippen LogP contribution in [0.3, 0.4) is 0 Å². The first-order valence-electron chi connectivity index (χ1n) is 7.89. The van der Waals surface area contributed by atoms with Gasteiger partial charge in [0, 0.05) is 0 Å². The summed E-state index contributed by atoms with van der Waals surface area (Å²) in [5, 5.41) is 0. The van der Waals surface area contributed by atoms with E-state index in [1.165, 1.54) is 44.5 Å². The Morgan fingerprint density at radius 3 is 2.18 bits per heavy atom. The Balaban J connectivity index is 1.65. The summed E-state index contributed by atoms with van der Waals surface area (Å²) in [5.74, 6) is 0. The molecule has 0 nitrogen and oxygen atoms in total. The van der Waals surface area contributed by atoms with E-state index in [1.807, 2.05) is 0 Å². The van der Waals surface area contributed by atoms with E-state index < -0.39 is 0 Å². The number of hydrogen-bond acceptors (Lipinski definition) is 0. The van der Waals surface area contributed by atoms with Gasteiger partial charge < -0.3 is 0 Å². The van der Waals surface area contributed by atoms with Crippen molar-refractivity contribution in [2.24, 2.45) is 0 Å². The van der Waals surface area contributed by atoms with Gasteiger partial charge in [-0.3, -0.25) is 0 Å². The molecule has 0 heterocycles. The van der Waals surface area contributed by atoms with Gasteiger partial charge in [-0.15, -0.1) is 0 Å². The van der Waals surface area contributed by atoms with Gasteiger partial charge in [0.1, 0.15) is 0 Å². The Labute approximate surface area is 130 Å². The van der Waals surface area contributed by atoms with Crippen molar-refractivity contribution in [3.63, 3.8) is 0 Å². The molecule has 0 bridgehead atoms. The molecule has 3 aromatic rings. The highest BCUT2D eigenvalue weighted by molar-refractivity contribution is 5.92. The molecule has 5 rings (SSSR count). The van der Waals surface area contributed by atoms with Crippen molar-refractivity contribution < 1.29 is 0 Å². The Morgan fingerprint density at radius 2 is 1.27 bits per heavy atom. The molecule has 0 N–H and O–H groups in total. The van der Waals surface area contributed by atoms with Crippen LogP contribution < -0.4 is 0 Å². The molecule has 0 unspecified atom stereocenters. The van der Waals surface area contributed by atoms with Crippen LogP contribution >= 0.6 is 0 Å². The van der Waals surface area contributed by atoms with E-state index in [0.717, 1.165) is 12.8 Å². The topological polar surface area (TPSA) is 0 Å². The Kier molecular flexibility index (Phi) is 2.42. The largest absolute Gasteiger partial charge is 0.0619 e. The monoisotopic (exact) mass is 280 g/mol. The van der Waals surface area contributed by atoms with Crippen LogP contribution in [0.1, 0.15) is 27.8 Å². The molecular weight excluding hydrogens is 264 g/mol. The maximum atomic E-state index is 2.37. The molecule has 0 atom stereocenters. The highest BCUT2D eigenvalue weighted by atomic mass is 14.3. The molecule has 0 aliphatic heterocycles. The van der Waals surface area contributed by atoms with Crippen LogP contribution in [-0.4, -0.2) is 0 Å². The minimum atomic E-state index is 1.06. The second-order valence-electron chi connectivity index (χ2n) is 6.21. The quantitative estimate of drug-likeness (QED) is 0.440. The van der Waals surface area contributed by atoms with E-state index in [0.29, 0.717) is 0 Å². The summed E-state index contributed by atoms with van der Waals surface area (Å²) in [7, 11) is 0. The van der Waals surface area contributed by atoms with Crippen molar-refractivity contribution >= 4 is 11.6 Å². The lowest BCUT2D eigenvalue weighted by Gasteiger charge is -2.09. The second kappa shape index (κ2) is 4.45. The lowest BCUT2D eigenvalue weighted by Crippen LogP contribution is -1.92. The third-order valence-electron chi connectivity index (χ3n) is 4.96. The molecular formula is C22H16. The third kappa shape index (κ3) is 1.64. The van der Waals surface area contributed by atoms with Crippen LogP contribution in [0.5, 0.6) is 0 Å². The summed E-state index contributed by atoms with van der Waals surface area (Å²) in [6.07, 6.45) is 4.49. The summed E-state index contributed by atoms with van der Waals surface area (Å²) < 4.78 is 0. The van der Waals surface area contributed by atoms with Crippen LogP contribution in [0, 0.1) is 0 Å². The fourth-order valence-electron chi connectivity index (χ4n) is 3.91. The fraction of sp³-hybridized carbons (Fsp3) is 0.0909. The van der Waals surface area contributed by atoms with Gasteiger partial charge in [-0.1, -0.05) is 72.8 Å². The Hall–Kier alpha value is -2.60. The van der Waals surface area contributed by atoms with Gasteiger partial charge in [0.15, 0.2) is 0 Å². The molecule has 0 spiro atoms. The van der Waals surface area contributed by atoms with Crippen molar-refractivity contribution in [3.8, 4) is 11.1 Å². The van der Waals surface area contributed by atoms with E-state index in [4.69, 9.17) is 0 Å². The molecule has 0 saturated carbocycles. The highest BCUT2D eigenvalue weighted by Crippen LogP contribution is 2.42. The zero-order valence-electron chi connectivity index (χ0n) is 12.3. The average Bonchev–Trinajstić information content (AvgIpc) is 3.15. The second-order valence-corrected chi connectivity index (χ2v) is 6.21. The Bertz CT molecular complexity index is 928. The molecule has 0 aromatic heterocycles. The van der Waals surface area contributed by atoms with Gasteiger partial charge >= 0.3 is 0 Å². The zero-order chi connectivity index (χ0) is 14.5. The van der Waals surface area contributed by atoms with Crippen molar-refractivity contribution in [1.82, 2.24) is 0 Å². The molecule has 22 heavy (non-hydrogen) atoms. The van der Waals surface area contributed by atoms with Crippen molar-refractivity contribution in [2.75, 3.05) is 0 Å². The van der Waals surface area contributed by atoms with Gasteiger partial charge in [0.2, 0.25) is 0 Å². The number of fused-ring (bicyclic) bond motifs is 4. The standard InChI is InChI=1S/C22H16/c1-2-7-16-13-18(12-15(16)6-1)20-10-5-11-21-19-9-4-3-8-17(19)14-22(20)21/h1-12H,13-14H2. The Morgan fingerprint density at radius 1 is 0.545 bits per heavy atom. The van der Waals surface area contributed by atoms with Gasteiger partial charge in [-0.25, -0.2) is 0 Å². The van der Waals surface area contributed by atoms with Crippen LogP contribution in [0.25, 0.3) is 22.8 Å². The lowest BCUT2D eigenvalue weighted by molar-refractivity contribution is 1.23. The summed E-state index contributed by atoms with van der Waals surface area (Å²) in [4.78, 5) is 0. The molecule has 104 valence electrons. The van der Waals surface area contributed by atoms with Crippen molar-refractivity contribution in [1.29, 1.82) is 0 Å². The number of rotatable bonds is 1. The number of hydrogen-bond donors (Lipinski definition) is 0. The zero-order valence-corrected chi connectivity index (χ0v) is 12.3. The minimum Gasteiger partial charge on any atom is -0.0619 e. The normalized spacial score (nSPS) is 14.3. The van der Waals surface area contributed by atoms with Crippen molar-refractivity contribution in [3.05, 3.63) is 94.5 Å².